The summed E-state index contributed by atoms with van der Waals surface area (Å²) in [4.78, 5) is 0. The first-order chi connectivity index (χ1) is 4.77. The van der Waals surface area contributed by atoms with Crippen LogP contribution in [0.5, 0.6) is 0 Å². The molecule has 0 rings (SSSR count). The molecule has 10 heavy (non-hydrogen) atoms. The summed E-state index contributed by atoms with van der Waals surface area (Å²) in [5.74, 6) is 0. The highest BCUT2D eigenvalue weighted by atomic mass is 16.5. The van der Waals surface area contributed by atoms with Crippen molar-refractivity contribution in [3.63, 3.8) is 0 Å². The molecule has 0 aliphatic heterocycles. The van der Waals surface area contributed by atoms with E-state index < -0.39 is 0 Å². The largest absolute Gasteiger partial charge is 0.393 e. The van der Waals surface area contributed by atoms with Gasteiger partial charge in [0.05, 0.1) is 19.3 Å². The summed E-state index contributed by atoms with van der Waals surface area (Å²) in [7, 11) is 1.64. The van der Waals surface area contributed by atoms with Gasteiger partial charge in [-0.3, -0.25) is 0 Å². The summed E-state index contributed by atoms with van der Waals surface area (Å²) in [5, 5.41) is 8.80. The summed E-state index contributed by atoms with van der Waals surface area (Å²) >= 11 is 0. The Morgan fingerprint density at radius 1 is 1.30 bits per heavy atom. The van der Waals surface area contributed by atoms with Crippen LogP contribution in [0.25, 0.3) is 0 Å². The summed E-state index contributed by atoms with van der Waals surface area (Å²) in [5.41, 5.74) is 0. The van der Waals surface area contributed by atoms with Crippen LogP contribution in [-0.2, 0) is 9.47 Å². The molecule has 3 nitrogen and oxygen atoms in total. The molecule has 0 aliphatic carbocycles. The zero-order valence-corrected chi connectivity index (χ0v) is 6.67. The molecule has 0 aromatic heterocycles. The lowest BCUT2D eigenvalue weighted by atomic mass is 10.3. The maximum atomic E-state index is 8.80. The van der Waals surface area contributed by atoms with Gasteiger partial charge in [-0.05, 0) is 13.3 Å². The van der Waals surface area contributed by atoms with Gasteiger partial charge in [0.15, 0.2) is 0 Å². The lowest BCUT2D eigenvalue weighted by Gasteiger charge is -2.04. The van der Waals surface area contributed by atoms with Crippen LogP contribution in [0.1, 0.15) is 13.3 Å². The number of methoxy groups -OCH3 is 1. The Balaban J connectivity index is 2.77. The van der Waals surface area contributed by atoms with E-state index in [0.29, 0.717) is 26.2 Å². The fraction of sp³-hybridized carbons (Fsp3) is 1.00. The topological polar surface area (TPSA) is 38.7 Å². The summed E-state index contributed by atoms with van der Waals surface area (Å²) < 4.78 is 9.86. The maximum Gasteiger partial charge on any atom is 0.0700 e. The highest BCUT2D eigenvalue weighted by Gasteiger charge is 1.93. The third kappa shape index (κ3) is 7.88. The maximum absolute atomic E-state index is 8.80. The van der Waals surface area contributed by atoms with E-state index in [2.05, 4.69) is 0 Å². The van der Waals surface area contributed by atoms with Crippen LogP contribution in [0.2, 0.25) is 0 Å². The van der Waals surface area contributed by atoms with Gasteiger partial charge in [0, 0.05) is 13.7 Å². The van der Waals surface area contributed by atoms with Gasteiger partial charge in [0.25, 0.3) is 0 Å². The second-order valence-electron chi connectivity index (χ2n) is 2.24. The molecule has 0 saturated heterocycles. The van der Waals surface area contributed by atoms with Crippen molar-refractivity contribution in [2.24, 2.45) is 0 Å². The van der Waals surface area contributed by atoms with Crippen LogP contribution in [0.3, 0.4) is 0 Å². The highest BCUT2D eigenvalue weighted by molar-refractivity contribution is 4.43. The molecule has 0 heterocycles. The third-order valence-corrected chi connectivity index (χ3v) is 1.11. The number of hydrogen-bond donors (Lipinski definition) is 1. The third-order valence-electron chi connectivity index (χ3n) is 1.11. The molecule has 0 aromatic carbocycles. The Morgan fingerprint density at radius 3 is 2.50 bits per heavy atom. The Labute approximate surface area is 62.0 Å². The standard InChI is InChI=1S/C7H16O3/c1-7(8)3-4-10-6-5-9-2/h7-8H,3-6H2,1-2H3. The minimum absolute atomic E-state index is 0.262. The van der Waals surface area contributed by atoms with Crippen molar-refractivity contribution in [3.05, 3.63) is 0 Å². The molecule has 0 spiro atoms. The lowest BCUT2D eigenvalue weighted by molar-refractivity contribution is 0.0513. The van der Waals surface area contributed by atoms with Gasteiger partial charge in [-0.15, -0.1) is 0 Å². The molecular weight excluding hydrogens is 132 g/mol. The monoisotopic (exact) mass is 148 g/mol. The zero-order chi connectivity index (χ0) is 7.82. The number of hydrogen-bond acceptors (Lipinski definition) is 3. The Bertz CT molecular complexity index is 63.9. The molecule has 0 bridgehead atoms. The molecule has 1 atom stereocenters. The van der Waals surface area contributed by atoms with Crippen LogP contribution >= 0.6 is 0 Å². The first-order valence-corrected chi connectivity index (χ1v) is 3.52. The second-order valence-corrected chi connectivity index (χ2v) is 2.24. The predicted octanol–water partition coefficient (Wildman–Crippen LogP) is 0.420. The van der Waals surface area contributed by atoms with Crippen LogP contribution < -0.4 is 0 Å². The molecule has 1 N–H and O–H groups in total. The highest BCUT2D eigenvalue weighted by Crippen LogP contribution is 1.89. The first kappa shape index (κ1) is 9.88. The van der Waals surface area contributed by atoms with Gasteiger partial charge < -0.3 is 14.6 Å². The number of aliphatic hydroxyl groups excluding tert-OH is 1. The minimum atomic E-state index is -0.262. The van der Waals surface area contributed by atoms with Gasteiger partial charge in [-0.2, -0.15) is 0 Å². The summed E-state index contributed by atoms with van der Waals surface area (Å²) in [6.45, 7) is 3.60. The van der Waals surface area contributed by atoms with E-state index in [0.717, 1.165) is 0 Å². The molecule has 0 aliphatic rings. The van der Waals surface area contributed by atoms with Gasteiger partial charge in [0.2, 0.25) is 0 Å². The Hall–Kier alpha value is -0.120. The molecule has 62 valence electrons. The SMILES string of the molecule is COCCOCCC(C)O. The number of aliphatic hydroxyl groups is 1. The fourth-order valence-electron chi connectivity index (χ4n) is 0.498. The van der Waals surface area contributed by atoms with Gasteiger partial charge in [0.1, 0.15) is 0 Å². The van der Waals surface area contributed by atoms with Gasteiger partial charge >= 0.3 is 0 Å². The summed E-state index contributed by atoms with van der Waals surface area (Å²) in [6.07, 6.45) is 0.437. The number of rotatable bonds is 6. The van der Waals surface area contributed by atoms with Crippen molar-refractivity contribution in [1.82, 2.24) is 0 Å². The van der Waals surface area contributed by atoms with E-state index in [4.69, 9.17) is 14.6 Å². The first-order valence-electron chi connectivity index (χ1n) is 3.52. The van der Waals surface area contributed by atoms with Crippen molar-refractivity contribution in [1.29, 1.82) is 0 Å². The fourth-order valence-corrected chi connectivity index (χ4v) is 0.498. The van der Waals surface area contributed by atoms with Crippen molar-refractivity contribution in [3.8, 4) is 0 Å². The van der Waals surface area contributed by atoms with Crippen LogP contribution in [-0.4, -0.2) is 38.1 Å². The second kappa shape index (κ2) is 6.99. The molecule has 1 unspecified atom stereocenters. The van der Waals surface area contributed by atoms with E-state index in [1.54, 1.807) is 14.0 Å². The van der Waals surface area contributed by atoms with Crippen molar-refractivity contribution < 1.29 is 14.6 Å². The molecule has 0 aromatic rings. The molecule has 0 fully saturated rings. The zero-order valence-electron chi connectivity index (χ0n) is 6.67. The van der Waals surface area contributed by atoms with E-state index in [-0.39, 0.29) is 6.10 Å². The average Bonchev–Trinajstić information content (AvgIpc) is 1.87. The predicted molar refractivity (Wildman–Crippen MR) is 39.0 cm³/mol. The van der Waals surface area contributed by atoms with E-state index >= 15 is 0 Å². The smallest absolute Gasteiger partial charge is 0.0700 e. The normalized spacial score (nSPS) is 13.5. The van der Waals surface area contributed by atoms with Crippen molar-refractivity contribution >= 4 is 0 Å². The average molecular weight is 148 g/mol. The van der Waals surface area contributed by atoms with Crippen LogP contribution in [0.4, 0.5) is 0 Å². The quantitative estimate of drug-likeness (QED) is 0.555. The van der Waals surface area contributed by atoms with E-state index in [9.17, 15) is 0 Å². The Morgan fingerprint density at radius 2 is 2.00 bits per heavy atom. The van der Waals surface area contributed by atoms with Crippen LogP contribution in [0.15, 0.2) is 0 Å². The molecule has 3 heteroatoms. The van der Waals surface area contributed by atoms with Crippen molar-refractivity contribution in [2.45, 2.75) is 19.4 Å². The van der Waals surface area contributed by atoms with Gasteiger partial charge in [-0.25, -0.2) is 0 Å². The minimum Gasteiger partial charge on any atom is -0.393 e. The summed E-state index contributed by atoms with van der Waals surface area (Å²) in [6, 6.07) is 0. The van der Waals surface area contributed by atoms with Crippen molar-refractivity contribution in [2.75, 3.05) is 26.9 Å². The molecular formula is C7H16O3. The van der Waals surface area contributed by atoms with Gasteiger partial charge in [-0.1, -0.05) is 0 Å². The van der Waals surface area contributed by atoms with E-state index in [1.165, 1.54) is 0 Å². The Kier molecular flexibility index (Phi) is 6.91. The molecule has 0 radical (unpaired) electrons. The number of ether oxygens (including phenoxy) is 2. The van der Waals surface area contributed by atoms with E-state index in [1.807, 2.05) is 0 Å². The van der Waals surface area contributed by atoms with Crippen LogP contribution in [0, 0.1) is 0 Å². The molecule has 0 saturated carbocycles. The molecule has 0 amide bonds. The lowest BCUT2D eigenvalue weighted by Crippen LogP contribution is -2.08.